The van der Waals surface area contributed by atoms with E-state index in [4.69, 9.17) is 24.4 Å². The Balaban J connectivity index is -0.0000000910. The molecule has 57 valence electrons. The molecule has 0 aliphatic heterocycles. The Morgan fingerprint density at radius 3 is 1.60 bits per heavy atom. The van der Waals surface area contributed by atoms with Crippen LogP contribution in [0.2, 0.25) is 0 Å². The molecule has 0 aliphatic rings. The summed E-state index contributed by atoms with van der Waals surface area (Å²) in [5, 5.41) is 7.81. The number of phosphoric acid groups is 1. The van der Waals surface area contributed by atoms with E-state index >= 15 is 0 Å². The van der Waals surface area contributed by atoms with Gasteiger partial charge in [-0.25, -0.2) is 0 Å². The van der Waals surface area contributed by atoms with Crippen molar-refractivity contribution in [2.75, 3.05) is 6.61 Å². The average molecular weight is 195 g/mol. The summed E-state index contributed by atoms with van der Waals surface area (Å²) in [4.78, 5) is 24.3. The van der Waals surface area contributed by atoms with Crippen LogP contribution in [0.4, 0.5) is 0 Å². The van der Waals surface area contributed by atoms with Crippen molar-refractivity contribution in [2.24, 2.45) is 0 Å². The Morgan fingerprint density at radius 1 is 1.50 bits per heavy atom. The number of hydrogen-bond donors (Lipinski definition) is 2. The maximum absolute atomic E-state index is 8.66. The first-order chi connectivity index (χ1) is 3.91. The summed E-state index contributed by atoms with van der Waals surface area (Å²) in [7, 11) is -5.14. The van der Waals surface area contributed by atoms with Crippen LogP contribution in [0.3, 0.4) is 0 Å². The molecule has 0 fully saturated rings. The molecule has 0 atom stereocenters. The van der Waals surface area contributed by atoms with E-state index in [1.165, 1.54) is 0 Å². The first-order valence-corrected chi connectivity index (χ1v) is 3.56. The third-order valence-corrected chi connectivity index (χ3v) is 0.158. The van der Waals surface area contributed by atoms with Gasteiger partial charge < -0.3 is 24.4 Å². The molecular formula is C3H8CaO5P. The zero-order valence-corrected chi connectivity index (χ0v) is 8.50. The second kappa shape index (κ2) is 10.3. The van der Waals surface area contributed by atoms with Gasteiger partial charge in [0.2, 0.25) is 0 Å². The smallest absolute Gasteiger partial charge is 0.790 e. The van der Waals surface area contributed by atoms with E-state index in [0.717, 1.165) is 0 Å². The minimum absolute atomic E-state index is 0. The van der Waals surface area contributed by atoms with Gasteiger partial charge in [-0.3, -0.25) is 0 Å². The molecule has 0 amide bonds. The standard InChI is InChI=1S/C3H7O.Ca.H3O4P/c1-2-3-4;;1-5(2,3)4/h4H,1-3H2;;(H3,1,2,3,4)/q;+2;/p-2. The van der Waals surface area contributed by atoms with Crippen LogP contribution < -0.4 is 9.79 Å². The maximum Gasteiger partial charge on any atom is 2.00 e. The SMILES string of the molecule is O=P([O-])([O-])O.[CH2]CCO.[Ca+2]. The van der Waals surface area contributed by atoms with E-state index in [9.17, 15) is 0 Å². The molecule has 2 N–H and O–H groups in total. The maximum atomic E-state index is 8.66. The van der Waals surface area contributed by atoms with Crippen LogP contribution >= 0.6 is 7.82 Å². The normalized spacial score (nSPS) is 8.90. The van der Waals surface area contributed by atoms with Gasteiger partial charge in [0.25, 0.3) is 0 Å². The monoisotopic (exact) mass is 195 g/mol. The molecule has 0 aliphatic carbocycles. The van der Waals surface area contributed by atoms with Gasteiger partial charge in [0.05, 0.1) is 7.82 Å². The average Bonchev–Trinajstić information content (AvgIpc) is 1.61. The Morgan fingerprint density at radius 2 is 1.60 bits per heavy atom. The van der Waals surface area contributed by atoms with Gasteiger partial charge in [-0.15, -0.1) is 0 Å². The molecule has 1 radical (unpaired) electrons. The van der Waals surface area contributed by atoms with Gasteiger partial charge in [-0.05, 0) is 6.42 Å². The third kappa shape index (κ3) is 119. The van der Waals surface area contributed by atoms with Crippen molar-refractivity contribution in [3.8, 4) is 0 Å². The minimum atomic E-state index is -5.14. The van der Waals surface area contributed by atoms with Crippen molar-refractivity contribution in [1.82, 2.24) is 0 Å². The quantitative estimate of drug-likeness (QED) is 0.359. The number of aliphatic hydroxyl groups is 1. The predicted molar refractivity (Wildman–Crippen MR) is 32.6 cm³/mol. The summed E-state index contributed by atoms with van der Waals surface area (Å²) < 4.78 is 8.66. The molecule has 5 nitrogen and oxygen atoms in total. The Bertz CT molecular complexity index is 80.6. The molecule has 0 heterocycles. The summed E-state index contributed by atoms with van der Waals surface area (Å²) in [6, 6.07) is 0. The first kappa shape index (κ1) is 17.4. The van der Waals surface area contributed by atoms with Crippen LogP contribution in [0.15, 0.2) is 0 Å². The Kier molecular flexibility index (Phi) is 18.0. The topological polar surface area (TPSA) is 104 Å². The molecular weight excluding hydrogens is 187 g/mol. The number of aliphatic hydroxyl groups excluding tert-OH is 1. The summed E-state index contributed by atoms with van der Waals surface area (Å²) >= 11 is 0. The first-order valence-electron chi connectivity index (χ1n) is 2.06. The zero-order valence-electron chi connectivity index (χ0n) is 5.39. The fraction of sp³-hybridized carbons (Fsp3) is 0.667. The molecule has 0 saturated heterocycles. The summed E-state index contributed by atoms with van der Waals surface area (Å²) in [5.74, 6) is 0. The fourth-order valence-corrected chi connectivity index (χ4v) is 0. The molecule has 0 spiro atoms. The van der Waals surface area contributed by atoms with Crippen molar-refractivity contribution >= 4 is 45.6 Å². The molecule has 0 bridgehead atoms. The summed E-state index contributed by atoms with van der Waals surface area (Å²) in [6.45, 7) is 3.56. The third-order valence-electron chi connectivity index (χ3n) is 0.158. The van der Waals surface area contributed by atoms with Crippen molar-refractivity contribution in [3.63, 3.8) is 0 Å². The number of rotatable bonds is 1. The zero-order chi connectivity index (χ0) is 7.91. The van der Waals surface area contributed by atoms with Gasteiger partial charge >= 0.3 is 37.7 Å². The van der Waals surface area contributed by atoms with Crippen LogP contribution in [0, 0.1) is 6.92 Å². The molecule has 0 aromatic heterocycles. The van der Waals surface area contributed by atoms with Gasteiger partial charge in [0.1, 0.15) is 0 Å². The largest absolute Gasteiger partial charge is 2.00 e. The molecule has 0 aromatic rings. The van der Waals surface area contributed by atoms with Crippen molar-refractivity contribution in [3.05, 3.63) is 6.92 Å². The van der Waals surface area contributed by atoms with Gasteiger partial charge in [0, 0.05) is 6.61 Å². The van der Waals surface area contributed by atoms with Gasteiger partial charge in [-0.1, -0.05) is 6.92 Å². The van der Waals surface area contributed by atoms with E-state index in [1.807, 2.05) is 0 Å². The van der Waals surface area contributed by atoms with E-state index in [0.29, 0.717) is 6.42 Å². The summed E-state index contributed by atoms with van der Waals surface area (Å²) in [6.07, 6.45) is 0.625. The van der Waals surface area contributed by atoms with E-state index in [1.54, 1.807) is 0 Å². The van der Waals surface area contributed by atoms with Crippen LogP contribution in [0.5, 0.6) is 0 Å². The van der Waals surface area contributed by atoms with Gasteiger partial charge in [0.15, 0.2) is 0 Å². The second-order valence-electron chi connectivity index (χ2n) is 1.05. The Hall–Kier alpha value is 1.33. The molecule has 10 heavy (non-hydrogen) atoms. The van der Waals surface area contributed by atoms with Crippen molar-refractivity contribution < 1.29 is 24.4 Å². The summed E-state index contributed by atoms with van der Waals surface area (Å²) in [5.41, 5.74) is 0. The van der Waals surface area contributed by atoms with E-state index in [2.05, 4.69) is 6.92 Å². The van der Waals surface area contributed by atoms with E-state index < -0.39 is 7.82 Å². The molecule has 0 unspecified atom stereocenters. The van der Waals surface area contributed by atoms with Crippen LogP contribution in [0.25, 0.3) is 0 Å². The number of hydrogen-bond acceptors (Lipinski definition) is 4. The molecule has 0 rings (SSSR count). The molecule has 0 saturated carbocycles. The van der Waals surface area contributed by atoms with Crippen molar-refractivity contribution in [2.45, 2.75) is 6.42 Å². The van der Waals surface area contributed by atoms with Crippen LogP contribution in [-0.4, -0.2) is 54.3 Å². The van der Waals surface area contributed by atoms with E-state index in [-0.39, 0.29) is 44.3 Å². The molecule has 0 aromatic carbocycles. The van der Waals surface area contributed by atoms with Gasteiger partial charge in [-0.2, -0.15) is 0 Å². The predicted octanol–water partition coefficient (Wildman–Crippen LogP) is -2.37. The van der Waals surface area contributed by atoms with Crippen LogP contribution in [-0.2, 0) is 4.57 Å². The van der Waals surface area contributed by atoms with Crippen LogP contribution in [0.1, 0.15) is 6.42 Å². The molecule has 7 heteroatoms. The minimum Gasteiger partial charge on any atom is -0.790 e. The fourth-order valence-electron chi connectivity index (χ4n) is 0. The van der Waals surface area contributed by atoms with Crippen molar-refractivity contribution in [1.29, 1.82) is 0 Å². The second-order valence-corrected chi connectivity index (χ2v) is 1.98. The Labute approximate surface area is 89.3 Å².